The molecule has 0 aromatic carbocycles. The van der Waals surface area contributed by atoms with Crippen LogP contribution in [0, 0.1) is 5.92 Å². The van der Waals surface area contributed by atoms with Crippen molar-refractivity contribution in [2.45, 2.75) is 63.8 Å². The fraction of sp³-hybridized carbons (Fsp3) is 0.789. The second-order valence-electron chi connectivity index (χ2n) is 7.80. The minimum Gasteiger partial charge on any atom is -0.349 e. The van der Waals surface area contributed by atoms with Crippen LogP contribution in [0.4, 0.5) is 0 Å². The molecule has 0 amide bonds. The van der Waals surface area contributed by atoms with Crippen LogP contribution in [0.25, 0.3) is 0 Å². The van der Waals surface area contributed by atoms with E-state index in [2.05, 4.69) is 56.6 Å². The van der Waals surface area contributed by atoms with E-state index in [1.807, 2.05) is 13.2 Å². The summed E-state index contributed by atoms with van der Waals surface area (Å²) in [5.74, 6) is 3.96. The molecule has 2 aliphatic rings. The highest BCUT2D eigenvalue weighted by molar-refractivity contribution is 8.00. The first-order chi connectivity index (χ1) is 12.1. The van der Waals surface area contributed by atoms with Gasteiger partial charge in [0.05, 0.1) is 6.54 Å². The van der Waals surface area contributed by atoms with Crippen LogP contribution in [-0.4, -0.2) is 51.0 Å². The predicted octanol–water partition coefficient (Wildman–Crippen LogP) is 3.37. The maximum Gasteiger partial charge on any atom is 0.194 e. The summed E-state index contributed by atoms with van der Waals surface area (Å²) in [5.41, 5.74) is 0. The highest BCUT2D eigenvalue weighted by Crippen LogP contribution is 2.42. The number of thioether (sulfide) groups is 1. The van der Waals surface area contributed by atoms with Crippen LogP contribution in [0.2, 0.25) is 0 Å². The van der Waals surface area contributed by atoms with Crippen LogP contribution < -0.4 is 5.32 Å². The summed E-state index contributed by atoms with van der Waals surface area (Å²) in [6.07, 6.45) is 10.9. The van der Waals surface area contributed by atoms with Gasteiger partial charge in [-0.25, -0.2) is 4.98 Å². The van der Waals surface area contributed by atoms with Gasteiger partial charge in [-0.05, 0) is 18.8 Å². The molecule has 2 fully saturated rings. The molecule has 1 spiro atoms. The van der Waals surface area contributed by atoms with E-state index in [1.165, 1.54) is 37.9 Å². The molecule has 0 radical (unpaired) electrons. The standard InChI is InChI=1S/C19H33N5S/c1-16(2)14-23-10-9-21-17(23)13-22-18(20-3)24-11-12-25-19(15-24)7-5-4-6-8-19/h9-10,16H,4-8,11-15H2,1-3H3,(H,20,22). The van der Waals surface area contributed by atoms with Gasteiger partial charge < -0.3 is 14.8 Å². The lowest BCUT2D eigenvalue weighted by Gasteiger charge is -2.45. The average molecular weight is 364 g/mol. The van der Waals surface area contributed by atoms with Gasteiger partial charge >= 0.3 is 0 Å². The summed E-state index contributed by atoms with van der Waals surface area (Å²) in [6.45, 7) is 8.46. The van der Waals surface area contributed by atoms with Crippen LogP contribution in [0.3, 0.4) is 0 Å². The number of nitrogens with one attached hydrogen (secondary N) is 1. The number of nitrogens with zero attached hydrogens (tertiary/aromatic N) is 4. The number of hydrogen-bond acceptors (Lipinski definition) is 3. The van der Waals surface area contributed by atoms with Crippen LogP contribution in [0.15, 0.2) is 17.4 Å². The molecule has 1 saturated carbocycles. The van der Waals surface area contributed by atoms with E-state index in [1.54, 1.807) is 0 Å². The van der Waals surface area contributed by atoms with Gasteiger partial charge in [0.1, 0.15) is 5.82 Å². The monoisotopic (exact) mass is 363 g/mol. The molecule has 25 heavy (non-hydrogen) atoms. The lowest BCUT2D eigenvalue weighted by atomic mass is 9.87. The number of aliphatic imine (C=N–C) groups is 1. The van der Waals surface area contributed by atoms with E-state index < -0.39 is 0 Å². The normalized spacial score (nSPS) is 21.1. The SMILES string of the molecule is CN=C(NCc1nccn1CC(C)C)N1CCSC2(CCCCC2)C1. The summed E-state index contributed by atoms with van der Waals surface area (Å²) in [6, 6.07) is 0. The fourth-order valence-corrected chi connectivity index (χ4v) is 5.65. The van der Waals surface area contributed by atoms with Gasteiger partial charge in [0.2, 0.25) is 0 Å². The van der Waals surface area contributed by atoms with E-state index in [0.29, 0.717) is 10.7 Å². The Labute approximate surface area is 156 Å². The third kappa shape index (κ3) is 4.72. The zero-order valence-corrected chi connectivity index (χ0v) is 16.8. The van der Waals surface area contributed by atoms with Crippen molar-refractivity contribution in [3.63, 3.8) is 0 Å². The van der Waals surface area contributed by atoms with Gasteiger partial charge in [-0.3, -0.25) is 4.99 Å². The van der Waals surface area contributed by atoms with E-state index in [9.17, 15) is 0 Å². The van der Waals surface area contributed by atoms with Crippen molar-refractivity contribution in [2.24, 2.45) is 10.9 Å². The molecule has 1 aliphatic heterocycles. The number of imidazole rings is 1. The Morgan fingerprint density at radius 3 is 2.88 bits per heavy atom. The van der Waals surface area contributed by atoms with Crippen molar-refractivity contribution in [2.75, 3.05) is 25.9 Å². The topological polar surface area (TPSA) is 45.5 Å². The summed E-state index contributed by atoms with van der Waals surface area (Å²) in [4.78, 5) is 11.6. The zero-order chi connectivity index (χ0) is 17.7. The van der Waals surface area contributed by atoms with Gasteiger partial charge in [0.25, 0.3) is 0 Å². The molecule has 1 aliphatic carbocycles. The molecule has 5 nitrogen and oxygen atoms in total. The minimum atomic E-state index is 0.463. The van der Waals surface area contributed by atoms with Crippen LogP contribution in [0.1, 0.15) is 51.8 Å². The maximum absolute atomic E-state index is 4.56. The van der Waals surface area contributed by atoms with Gasteiger partial charge in [-0.2, -0.15) is 11.8 Å². The third-order valence-electron chi connectivity index (χ3n) is 5.29. The Bertz CT molecular complexity index is 569. The van der Waals surface area contributed by atoms with Crippen molar-refractivity contribution >= 4 is 17.7 Å². The van der Waals surface area contributed by atoms with E-state index in [0.717, 1.165) is 38.0 Å². The van der Waals surface area contributed by atoms with Gasteiger partial charge in [0, 0.05) is 49.6 Å². The summed E-state index contributed by atoms with van der Waals surface area (Å²) in [7, 11) is 1.90. The Hall–Kier alpha value is -1.17. The third-order valence-corrected chi connectivity index (χ3v) is 6.83. The second kappa shape index (κ2) is 8.47. The smallest absolute Gasteiger partial charge is 0.194 e. The quantitative estimate of drug-likeness (QED) is 0.658. The predicted molar refractivity (Wildman–Crippen MR) is 107 cm³/mol. The molecule has 1 aromatic rings. The molecule has 2 heterocycles. The number of aromatic nitrogens is 2. The second-order valence-corrected chi connectivity index (χ2v) is 9.37. The molecule has 3 rings (SSSR count). The van der Waals surface area contributed by atoms with E-state index >= 15 is 0 Å². The molecule has 6 heteroatoms. The number of guanidine groups is 1. The van der Waals surface area contributed by atoms with Gasteiger partial charge in [-0.1, -0.05) is 33.1 Å². The molecular weight excluding hydrogens is 330 g/mol. The van der Waals surface area contributed by atoms with Crippen molar-refractivity contribution in [1.82, 2.24) is 19.8 Å². The van der Waals surface area contributed by atoms with E-state index in [-0.39, 0.29) is 0 Å². The van der Waals surface area contributed by atoms with Crippen molar-refractivity contribution in [1.29, 1.82) is 0 Å². The zero-order valence-electron chi connectivity index (χ0n) is 16.0. The van der Waals surface area contributed by atoms with Crippen LogP contribution >= 0.6 is 11.8 Å². The summed E-state index contributed by atoms with van der Waals surface area (Å²) < 4.78 is 2.71. The average Bonchev–Trinajstić information content (AvgIpc) is 3.03. The number of hydrogen-bond donors (Lipinski definition) is 1. The molecule has 0 unspecified atom stereocenters. The number of rotatable bonds is 4. The first-order valence-electron chi connectivity index (χ1n) is 9.71. The molecule has 1 aromatic heterocycles. The largest absolute Gasteiger partial charge is 0.349 e. The van der Waals surface area contributed by atoms with Crippen LogP contribution in [-0.2, 0) is 13.1 Å². The van der Waals surface area contributed by atoms with Crippen molar-refractivity contribution in [3.05, 3.63) is 18.2 Å². The van der Waals surface area contributed by atoms with Crippen LogP contribution in [0.5, 0.6) is 0 Å². The Balaban J connectivity index is 1.60. The first kappa shape index (κ1) is 18.6. The minimum absolute atomic E-state index is 0.463. The lowest BCUT2D eigenvalue weighted by molar-refractivity contribution is 0.293. The van der Waals surface area contributed by atoms with Gasteiger partial charge in [0.15, 0.2) is 5.96 Å². The molecule has 0 atom stereocenters. The molecule has 1 N–H and O–H groups in total. The van der Waals surface area contributed by atoms with Gasteiger partial charge in [-0.15, -0.1) is 0 Å². The fourth-order valence-electron chi connectivity index (χ4n) is 4.08. The highest BCUT2D eigenvalue weighted by atomic mass is 32.2. The van der Waals surface area contributed by atoms with Crippen molar-refractivity contribution in [3.8, 4) is 0 Å². The van der Waals surface area contributed by atoms with E-state index in [4.69, 9.17) is 0 Å². The Morgan fingerprint density at radius 2 is 2.16 bits per heavy atom. The molecule has 0 bridgehead atoms. The summed E-state index contributed by atoms with van der Waals surface area (Å²) >= 11 is 2.20. The maximum atomic E-state index is 4.56. The highest BCUT2D eigenvalue weighted by Gasteiger charge is 2.38. The summed E-state index contributed by atoms with van der Waals surface area (Å²) in [5, 5.41) is 3.56. The van der Waals surface area contributed by atoms with Crippen molar-refractivity contribution < 1.29 is 0 Å². The Kier molecular flexibility index (Phi) is 6.31. The first-order valence-corrected chi connectivity index (χ1v) is 10.7. The lowest BCUT2D eigenvalue weighted by Crippen LogP contribution is -2.53. The molecular formula is C19H33N5S. The molecule has 140 valence electrons. The Morgan fingerprint density at radius 1 is 1.36 bits per heavy atom. The molecule has 1 saturated heterocycles.